The van der Waals surface area contributed by atoms with Crippen LogP contribution in [0.1, 0.15) is 15.9 Å². The molecule has 2 aromatic rings. The zero-order chi connectivity index (χ0) is 16.4. The minimum absolute atomic E-state index is 0.137. The molecule has 6 heteroatoms. The second kappa shape index (κ2) is 6.30. The first-order valence-electron chi connectivity index (χ1n) is 7.15. The maximum absolute atomic E-state index is 12.4. The number of hydrogen-bond acceptors (Lipinski definition) is 3. The fourth-order valence-electron chi connectivity index (χ4n) is 2.49. The van der Waals surface area contributed by atoms with Gasteiger partial charge in [-0.3, -0.25) is 9.59 Å². The molecule has 0 aliphatic carbocycles. The first-order valence-corrected chi connectivity index (χ1v) is 7.52. The van der Waals surface area contributed by atoms with E-state index < -0.39 is 5.91 Å². The summed E-state index contributed by atoms with van der Waals surface area (Å²) in [6, 6.07) is 11.8. The number of nitrogens with two attached hydrogens (primary N) is 1. The summed E-state index contributed by atoms with van der Waals surface area (Å²) >= 11 is 5.98. The lowest BCUT2D eigenvalue weighted by Gasteiger charge is -2.24. The van der Waals surface area contributed by atoms with Crippen molar-refractivity contribution in [1.29, 1.82) is 0 Å². The van der Waals surface area contributed by atoms with Crippen molar-refractivity contribution in [3.63, 3.8) is 0 Å². The zero-order valence-corrected chi connectivity index (χ0v) is 13.0. The van der Waals surface area contributed by atoms with E-state index in [1.165, 1.54) is 0 Å². The number of nitrogens with one attached hydrogen (secondary N) is 1. The van der Waals surface area contributed by atoms with Gasteiger partial charge in [-0.15, -0.1) is 0 Å². The first-order chi connectivity index (χ1) is 11.0. The monoisotopic (exact) mass is 330 g/mol. The lowest BCUT2D eigenvalue weighted by atomic mass is 9.96. The van der Waals surface area contributed by atoms with Crippen molar-refractivity contribution in [1.82, 2.24) is 0 Å². The maximum atomic E-state index is 12.4. The topological polar surface area (TPSA) is 81.4 Å². The highest BCUT2D eigenvalue weighted by molar-refractivity contribution is 6.30. The molecule has 3 rings (SSSR count). The van der Waals surface area contributed by atoms with Crippen LogP contribution in [0.5, 0.6) is 5.75 Å². The third-order valence-corrected chi connectivity index (χ3v) is 3.97. The van der Waals surface area contributed by atoms with Crippen molar-refractivity contribution in [2.24, 2.45) is 11.7 Å². The Bertz CT molecular complexity index is 759. The number of amides is 2. The minimum Gasteiger partial charge on any atom is -0.492 e. The summed E-state index contributed by atoms with van der Waals surface area (Å²) in [6.45, 7) is 0.319. The van der Waals surface area contributed by atoms with Crippen molar-refractivity contribution < 1.29 is 14.3 Å². The molecule has 0 radical (unpaired) electrons. The number of hydrogen-bond donors (Lipinski definition) is 2. The van der Waals surface area contributed by atoms with Gasteiger partial charge in [-0.05, 0) is 54.4 Å². The van der Waals surface area contributed by atoms with Gasteiger partial charge < -0.3 is 15.8 Å². The first kappa shape index (κ1) is 15.4. The van der Waals surface area contributed by atoms with Crippen LogP contribution in [0.4, 0.5) is 5.69 Å². The molecule has 1 atom stereocenters. The fourth-order valence-corrected chi connectivity index (χ4v) is 2.69. The van der Waals surface area contributed by atoms with Crippen LogP contribution in [0, 0.1) is 5.92 Å². The molecule has 0 unspecified atom stereocenters. The molecule has 0 bridgehead atoms. The molecule has 118 valence electrons. The predicted molar refractivity (Wildman–Crippen MR) is 87.7 cm³/mol. The highest BCUT2D eigenvalue weighted by atomic mass is 35.5. The van der Waals surface area contributed by atoms with Crippen molar-refractivity contribution in [2.75, 3.05) is 11.9 Å². The van der Waals surface area contributed by atoms with Gasteiger partial charge in [0.2, 0.25) is 11.8 Å². The normalized spacial score (nSPS) is 16.1. The Labute approximate surface area is 138 Å². The Kier molecular flexibility index (Phi) is 4.21. The third-order valence-electron chi connectivity index (χ3n) is 3.74. The van der Waals surface area contributed by atoms with Gasteiger partial charge in [-0.25, -0.2) is 0 Å². The number of fused-ring (bicyclic) bond motifs is 1. The van der Waals surface area contributed by atoms with Crippen LogP contribution in [-0.2, 0) is 11.2 Å². The van der Waals surface area contributed by atoms with E-state index in [1.54, 1.807) is 30.3 Å². The van der Waals surface area contributed by atoms with E-state index in [4.69, 9.17) is 22.1 Å². The standard InChI is InChI=1S/C17H15ClN2O3/c18-13-3-6-15-11(8-13)7-12(9-23-15)17(22)20-14-4-1-10(2-5-14)16(19)21/h1-6,8,12H,7,9H2,(H2,19,21)(H,20,22)/t12-/m0/s1. The van der Waals surface area contributed by atoms with Crippen molar-refractivity contribution in [3.05, 3.63) is 58.6 Å². The van der Waals surface area contributed by atoms with Gasteiger partial charge in [0.15, 0.2) is 0 Å². The highest BCUT2D eigenvalue weighted by Gasteiger charge is 2.26. The lowest BCUT2D eigenvalue weighted by Crippen LogP contribution is -2.32. The molecule has 0 saturated heterocycles. The summed E-state index contributed by atoms with van der Waals surface area (Å²) in [5.74, 6) is -0.166. The Hall–Kier alpha value is -2.53. The fraction of sp³-hybridized carbons (Fsp3) is 0.176. The molecule has 1 heterocycles. The second-order valence-electron chi connectivity index (χ2n) is 5.39. The smallest absolute Gasteiger partial charge is 0.248 e. The van der Waals surface area contributed by atoms with E-state index in [0.717, 1.165) is 11.3 Å². The molecule has 3 N–H and O–H groups in total. The molecular weight excluding hydrogens is 316 g/mol. The number of halogens is 1. The van der Waals surface area contributed by atoms with Crippen LogP contribution >= 0.6 is 11.6 Å². The van der Waals surface area contributed by atoms with Gasteiger partial charge in [-0.1, -0.05) is 11.6 Å². The predicted octanol–water partition coefficient (Wildman–Crippen LogP) is 2.63. The van der Waals surface area contributed by atoms with Crippen molar-refractivity contribution >= 4 is 29.1 Å². The number of rotatable bonds is 3. The zero-order valence-electron chi connectivity index (χ0n) is 12.2. The number of primary amides is 1. The van der Waals surface area contributed by atoms with Gasteiger partial charge in [0.1, 0.15) is 12.4 Å². The molecule has 5 nitrogen and oxygen atoms in total. The van der Waals surface area contributed by atoms with Gasteiger partial charge >= 0.3 is 0 Å². The number of ether oxygens (including phenoxy) is 1. The quantitative estimate of drug-likeness (QED) is 0.907. The van der Waals surface area contributed by atoms with Crippen molar-refractivity contribution in [3.8, 4) is 5.75 Å². The summed E-state index contributed by atoms with van der Waals surface area (Å²) in [5, 5.41) is 3.44. The van der Waals surface area contributed by atoms with Crippen LogP contribution < -0.4 is 15.8 Å². The molecule has 1 aliphatic rings. The van der Waals surface area contributed by atoms with E-state index in [-0.39, 0.29) is 11.8 Å². The largest absolute Gasteiger partial charge is 0.492 e. The number of carbonyl (C=O) groups is 2. The molecule has 0 saturated carbocycles. The number of benzene rings is 2. The van der Waals surface area contributed by atoms with Gasteiger partial charge in [-0.2, -0.15) is 0 Å². The molecule has 2 aromatic carbocycles. The third kappa shape index (κ3) is 3.46. The Balaban J connectivity index is 1.68. The SMILES string of the molecule is NC(=O)c1ccc(NC(=O)[C@@H]2COc3ccc(Cl)cc3C2)cc1. The summed E-state index contributed by atoms with van der Waals surface area (Å²) in [5.41, 5.74) is 7.11. The minimum atomic E-state index is -0.503. The van der Waals surface area contributed by atoms with Gasteiger partial charge in [0, 0.05) is 16.3 Å². The van der Waals surface area contributed by atoms with E-state index >= 15 is 0 Å². The number of anilines is 1. The van der Waals surface area contributed by atoms with Crippen LogP contribution in [-0.4, -0.2) is 18.4 Å². The van der Waals surface area contributed by atoms with E-state index in [1.807, 2.05) is 12.1 Å². The highest BCUT2D eigenvalue weighted by Crippen LogP contribution is 2.30. The molecule has 0 fully saturated rings. The summed E-state index contributed by atoms with van der Waals surface area (Å²) in [4.78, 5) is 23.4. The molecule has 0 spiro atoms. The maximum Gasteiger partial charge on any atom is 0.248 e. The van der Waals surface area contributed by atoms with Gasteiger partial charge in [0.25, 0.3) is 0 Å². The number of carbonyl (C=O) groups excluding carboxylic acids is 2. The van der Waals surface area contributed by atoms with Crippen LogP contribution in [0.3, 0.4) is 0 Å². The lowest BCUT2D eigenvalue weighted by molar-refractivity contribution is -0.121. The van der Waals surface area contributed by atoms with E-state index in [9.17, 15) is 9.59 Å². The van der Waals surface area contributed by atoms with Crippen LogP contribution in [0.25, 0.3) is 0 Å². The summed E-state index contributed by atoms with van der Waals surface area (Å²) in [7, 11) is 0. The van der Waals surface area contributed by atoms with E-state index in [0.29, 0.717) is 29.3 Å². The van der Waals surface area contributed by atoms with E-state index in [2.05, 4.69) is 5.32 Å². The molecule has 0 aromatic heterocycles. The molecule has 1 aliphatic heterocycles. The summed E-state index contributed by atoms with van der Waals surface area (Å²) in [6.07, 6.45) is 0.571. The Morgan fingerprint density at radius 3 is 2.61 bits per heavy atom. The Morgan fingerprint density at radius 1 is 1.17 bits per heavy atom. The van der Waals surface area contributed by atoms with Crippen LogP contribution in [0.2, 0.25) is 5.02 Å². The molecular formula is C17H15ClN2O3. The Morgan fingerprint density at radius 2 is 1.91 bits per heavy atom. The average Bonchev–Trinajstić information content (AvgIpc) is 2.54. The van der Waals surface area contributed by atoms with Crippen molar-refractivity contribution in [2.45, 2.75) is 6.42 Å². The van der Waals surface area contributed by atoms with Gasteiger partial charge in [0.05, 0.1) is 5.92 Å². The second-order valence-corrected chi connectivity index (χ2v) is 5.83. The summed E-state index contributed by atoms with van der Waals surface area (Å²) < 4.78 is 5.62. The molecule has 2 amide bonds. The average molecular weight is 331 g/mol. The van der Waals surface area contributed by atoms with Crippen LogP contribution in [0.15, 0.2) is 42.5 Å². The molecule has 23 heavy (non-hydrogen) atoms.